The van der Waals surface area contributed by atoms with E-state index in [1.54, 1.807) is 0 Å². The molecule has 0 unspecified atom stereocenters. The third-order valence-corrected chi connectivity index (χ3v) is 11.5. The van der Waals surface area contributed by atoms with E-state index >= 15 is 0 Å². The molecule has 0 fully saturated rings. The maximum atomic E-state index is 6.77. The molecule has 0 amide bonds. The summed E-state index contributed by atoms with van der Waals surface area (Å²) >= 11 is 0. The smallest absolute Gasteiger partial charge is 0.145 e. The molecule has 1 aromatic heterocycles. The van der Waals surface area contributed by atoms with Crippen LogP contribution < -0.4 is 4.90 Å². The minimum absolute atomic E-state index is 0.121. The number of para-hydroxylation sites is 1. The summed E-state index contributed by atoms with van der Waals surface area (Å²) in [4.78, 5) is 2.47. The number of hydrogen-bond acceptors (Lipinski definition) is 2. The Kier molecular flexibility index (Phi) is 6.01. The van der Waals surface area contributed by atoms with Crippen LogP contribution in [0.15, 0.2) is 156 Å². The van der Waals surface area contributed by atoms with E-state index in [-0.39, 0.29) is 10.8 Å². The maximum Gasteiger partial charge on any atom is 0.145 e. The van der Waals surface area contributed by atoms with Crippen molar-refractivity contribution in [2.45, 2.75) is 38.5 Å². The van der Waals surface area contributed by atoms with Crippen LogP contribution >= 0.6 is 0 Å². The molecular weight excluding hydrogens is 607 g/mol. The standard InChI is InChI=1S/C48H37NO/c1-47(2)39-19-11-8-16-34(39)36-24-22-31(28-41(36)47)49(32-23-25-37-35-17-9-12-20-40(35)48(3,4)42(37)29-32)43-27-26-33(30-14-6-5-7-15-30)46-45(43)38-18-10-13-21-44(38)50-46/h5-29H,1-4H3. The van der Waals surface area contributed by atoms with Crippen molar-refractivity contribution in [2.75, 3.05) is 4.90 Å². The summed E-state index contributed by atoms with van der Waals surface area (Å²) in [6, 6.07) is 55.5. The van der Waals surface area contributed by atoms with Gasteiger partial charge in [-0.05, 0) is 92.5 Å². The predicted octanol–water partition coefficient (Wildman–Crippen LogP) is 13.3. The zero-order valence-electron chi connectivity index (χ0n) is 28.8. The molecule has 10 rings (SSSR count). The molecule has 0 saturated carbocycles. The van der Waals surface area contributed by atoms with Crippen molar-refractivity contribution in [3.8, 4) is 33.4 Å². The largest absolute Gasteiger partial charge is 0.455 e. The lowest BCUT2D eigenvalue weighted by Crippen LogP contribution is -2.18. The minimum atomic E-state index is -0.121. The number of benzene rings is 7. The van der Waals surface area contributed by atoms with Gasteiger partial charge >= 0.3 is 0 Å². The van der Waals surface area contributed by atoms with Gasteiger partial charge in [-0.2, -0.15) is 0 Å². The van der Waals surface area contributed by atoms with Gasteiger partial charge in [0.05, 0.1) is 11.1 Å². The number of rotatable bonds is 4. The molecule has 0 atom stereocenters. The van der Waals surface area contributed by atoms with Crippen molar-refractivity contribution in [2.24, 2.45) is 0 Å². The summed E-state index contributed by atoms with van der Waals surface area (Å²) in [6.07, 6.45) is 0. The molecule has 0 aliphatic heterocycles. The maximum absolute atomic E-state index is 6.77. The highest BCUT2D eigenvalue weighted by atomic mass is 16.3. The van der Waals surface area contributed by atoms with E-state index in [4.69, 9.17) is 4.42 Å². The second kappa shape index (κ2) is 10.3. The molecule has 2 heteroatoms. The number of hydrogen-bond donors (Lipinski definition) is 0. The highest BCUT2D eigenvalue weighted by molar-refractivity contribution is 6.17. The zero-order chi connectivity index (χ0) is 33.8. The van der Waals surface area contributed by atoms with E-state index in [0.717, 1.165) is 50.1 Å². The van der Waals surface area contributed by atoms with E-state index in [1.807, 2.05) is 0 Å². The lowest BCUT2D eigenvalue weighted by Gasteiger charge is -2.30. The molecular formula is C48H37NO. The van der Waals surface area contributed by atoms with Crippen LogP contribution in [-0.2, 0) is 10.8 Å². The van der Waals surface area contributed by atoms with Gasteiger partial charge in [0.1, 0.15) is 11.2 Å². The summed E-state index contributed by atoms with van der Waals surface area (Å²) in [5.74, 6) is 0. The van der Waals surface area contributed by atoms with E-state index in [2.05, 4.69) is 184 Å². The topological polar surface area (TPSA) is 16.4 Å². The lowest BCUT2D eigenvalue weighted by molar-refractivity contribution is 0.660. The fraction of sp³-hybridized carbons (Fsp3) is 0.125. The van der Waals surface area contributed by atoms with E-state index < -0.39 is 0 Å². The van der Waals surface area contributed by atoms with Crippen molar-refractivity contribution in [3.63, 3.8) is 0 Å². The molecule has 0 radical (unpaired) electrons. The molecule has 2 aliphatic rings. The molecule has 0 saturated heterocycles. The lowest BCUT2D eigenvalue weighted by atomic mass is 9.82. The van der Waals surface area contributed by atoms with Crippen LogP contribution in [0.1, 0.15) is 49.9 Å². The second-order valence-corrected chi connectivity index (χ2v) is 14.9. The average Bonchev–Trinajstić information content (AvgIpc) is 3.73. The molecule has 2 aliphatic carbocycles. The van der Waals surface area contributed by atoms with Crippen LogP contribution in [0.5, 0.6) is 0 Å². The first-order valence-corrected chi connectivity index (χ1v) is 17.6. The van der Waals surface area contributed by atoms with Gasteiger partial charge in [0.25, 0.3) is 0 Å². The Balaban J connectivity index is 1.26. The highest BCUT2D eigenvalue weighted by Crippen LogP contribution is 2.54. The molecule has 0 N–H and O–H groups in total. The van der Waals surface area contributed by atoms with E-state index in [9.17, 15) is 0 Å². The molecule has 0 bridgehead atoms. The predicted molar refractivity (Wildman–Crippen MR) is 209 cm³/mol. The molecule has 240 valence electrons. The van der Waals surface area contributed by atoms with Crippen molar-refractivity contribution in [3.05, 3.63) is 174 Å². The molecule has 7 aromatic carbocycles. The normalized spacial score (nSPS) is 14.7. The van der Waals surface area contributed by atoms with Gasteiger partial charge in [-0.3, -0.25) is 0 Å². The van der Waals surface area contributed by atoms with Gasteiger partial charge in [-0.1, -0.05) is 137 Å². The van der Waals surface area contributed by atoms with Crippen molar-refractivity contribution >= 4 is 39.0 Å². The van der Waals surface area contributed by atoms with Crippen LogP contribution in [0.25, 0.3) is 55.3 Å². The third-order valence-electron chi connectivity index (χ3n) is 11.5. The fourth-order valence-electron chi connectivity index (χ4n) is 8.93. The first-order valence-electron chi connectivity index (χ1n) is 17.6. The summed E-state index contributed by atoms with van der Waals surface area (Å²) in [7, 11) is 0. The molecule has 8 aromatic rings. The first kappa shape index (κ1) is 29.1. The molecule has 50 heavy (non-hydrogen) atoms. The minimum Gasteiger partial charge on any atom is -0.455 e. The van der Waals surface area contributed by atoms with E-state index in [1.165, 1.54) is 44.5 Å². The average molecular weight is 644 g/mol. The van der Waals surface area contributed by atoms with Gasteiger partial charge in [-0.15, -0.1) is 0 Å². The Morgan fingerprint density at radius 2 is 0.940 bits per heavy atom. The SMILES string of the molecule is CC1(C)c2ccccc2-c2ccc(N(c3ccc4c(c3)C(C)(C)c3ccccc3-4)c3ccc(-c4ccccc4)c4oc5ccccc5c34)cc21. The Morgan fingerprint density at radius 1 is 0.440 bits per heavy atom. The van der Waals surface area contributed by atoms with Crippen LogP contribution in [0.4, 0.5) is 17.1 Å². The zero-order valence-corrected chi connectivity index (χ0v) is 28.8. The first-order chi connectivity index (χ1) is 24.3. The van der Waals surface area contributed by atoms with Crippen LogP contribution in [0.3, 0.4) is 0 Å². The Morgan fingerprint density at radius 3 is 1.56 bits per heavy atom. The summed E-state index contributed by atoms with van der Waals surface area (Å²) in [6.45, 7) is 9.43. The summed E-state index contributed by atoms with van der Waals surface area (Å²) in [5, 5.41) is 2.23. The van der Waals surface area contributed by atoms with Gasteiger partial charge in [0.15, 0.2) is 0 Å². The monoisotopic (exact) mass is 643 g/mol. The molecule has 2 nitrogen and oxygen atoms in total. The number of fused-ring (bicyclic) bond motifs is 9. The summed E-state index contributed by atoms with van der Waals surface area (Å²) in [5.41, 5.74) is 17.9. The van der Waals surface area contributed by atoms with Crippen molar-refractivity contribution in [1.29, 1.82) is 0 Å². The van der Waals surface area contributed by atoms with Gasteiger partial charge in [0, 0.05) is 33.2 Å². The van der Waals surface area contributed by atoms with Crippen molar-refractivity contribution < 1.29 is 4.42 Å². The molecule has 1 heterocycles. The Hall–Kier alpha value is -5.86. The quantitative estimate of drug-likeness (QED) is 0.190. The Labute approximate surface area is 293 Å². The second-order valence-electron chi connectivity index (χ2n) is 14.9. The Bertz CT molecular complexity index is 2550. The van der Waals surface area contributed by atoms with Crippen molar-refractivity contribution in [1.82, 2.24) is 0 Å². The third kappa shape index (κ3) is 3.96. The fourth-order valence-corrected chi connectivity index (χ4v) is 8.93. The molecule has 0 spiro atoms. The summed E-state index contributed by atoms with van der Waals surface area (Å²) < 4.78 is 6.77. The van der Waals surface area contributed by atoms with E-state index in [0.29, 0.717) is 0 Å². The number of nitrogens with zero attached hydrogens (tertiary/aromatic N) is 1. The van der Waals surface area contributed by atoms with Gasteiger partial charge < -0.3 is 9.32 Å². The number of furan rings is 1. The van der Waals surface area contributed by atoms with Crippen LogP contribution in [0.2, 0.25) is 0 Å². The van der Waals surface area contributed by atoms with Gasteiger partial charge in [0.2, 0.25) is 0 Å². The van der Waals surface area contributed by atoms with Crippen LogP contribution in [0, 0.1) is 0 Å². The number of anilines is 3. The van der Waals surface area contributed by atoms with Crippen LogP contribution in [-0.4, -0.2) is 0 Å². The highest BCUT2D eigenvalue weighted by Gasteiger charge is 2.38. The van der Waals surface area contributed by atoms with Gasteiger partial charge in [-0.25, -0.2) is 0 Å².